The van der Waals surface area contributed by atoms with Crippen molar-refractivity contribution in [3.05, 3.63) is 50.9 Å². The second-order valence-electron chi connectivity index (χ2n) is 3.69. The highest BCUT2D eigenvalue weighted by atomic mass is 35.5. The van der Waals surface area contributed by atoms with Crippen LogP contribution in [0.2, 0.25) is 5.02 Å². The third-order valence-electron chi connectivity index (χ3n) is 2.34. The van der Waals surface area contributed by atoms with E-state index in [0.717, 1.165) is 5.56 Å². The van der Waals surface area contributed by atoms with Gasteiger partial charge in [-0.25, -0.2) is 0 Å². The fourth-order valence-electron chi connectivity index (χ4n) is 1.35. The van der Waals surface area contributed by atoms with E-state index in [1.54, 1.807) is 25.3 Å². The van der Waals surface area contributed by atoms with Crippen LogP contribution in [0, 0.1) is 6.92 Å². The van der Waals surface area contributed by atoms with E-state index >= 15 is 0 Å². The average Bonchev–Trinajstić information content (AvgIpc) is 2.42. The molecule has 0 aliphatic heterocycles. The van der Waals surface area contributed by atoms with Crippen LogP contribution < -0.4 is 5.56 Å². The van der Waals surface area contributed by atoms with Crippen molar-refractivity contribution in [3.63, 3.8) is 0 Å². The van der Waals surface area contributed by atoms with Crippen molar-refractivity contribution in [1.29, 1.82) is 0 Å². The van der Waals surface area contributed by atoms with Gasteiger partial charge in [0.05, 0.1) is 6.21 Å². The van der Waals surface area contributed by atoms with Gasteiger partial charge in [-0.1, -0.05) is 35.5 Å². The van der Waals surface area contributed by atoms with E-state index in [0.29, 0.717) is 15.9 Å². The first-order valence-electron chi connectivity index (χ1n) is 5.42. The fourth-order valence-corrected chi connectivity index (χ4v) is 1.90. The Bertz CT molecular complexity index is 666. The van der Waals surface area contributed by atoms with E-state index in [9.17, 15) is 4.79 Å². The van der Waals surface area contributed by atoms with Gasteiger partial charge in [-0.15, -0.1) is 10.2 Å². The summed E-state index contributed by atoms with van der Waals surface area (Å²) < 4.78 is 1.24. The highest BCUT2D eigenvalue weighted by Gasteiger charge is 2.06. The Hall–Kier alpha value is -1.66. The van der Waals surface area contributed by atoms with Crippen LogP contribution in [0.3, 0.4) is 0 Å². The first kappa shape index (κ1) is 13.8. The van der Waals surface area contributed by atoms with E-state index in [-0.39, 0.29) is 5.56 Å². The Morgan fingerprint density at radius 2 is 2.00 bits per heavy atom. The standard InChI is InChI=1S/C12H11ClN4OS/c1-8-11(18)17(12(19-2)16-15-8)14-7-9-3-5-10(13)6-4-9/h3-7H,1-2H3/b14-7-. The van der Waals surface area contributed by atoms with Crippen LogP contribution in [0.4, 0.5) is 0 Å². The monoisotopic (exact) mass is 294 g/mol. The molecule has 7 heteroatoms. The zero-order chi connectivity index (χ0) is 13.8. The third-order valence-corrected chi connectivity index (χ3v) is 3.22. The average molecular weight is 295 g/mol. The Labute approximate surface area is 119 Å². The van der Waals surface area contributed by atoms with Gasteiger partial charge in [0.25, 0.3) is 5.56 Å². The Morgan fingerprint density at radius 3 is 2.63 bits per heavy atom. The van der Waals surface area contributed by atoms with Gasteiger partial charge in [0.15, 0.2) is 0 Å². The SMILES string of the molecule is CSc1nnc(C)c(=O)n1/N=C\c1ccc(Cl)cc1. The van der Waals surface area contributed by atoms with Crippen LogP contribution in [-0.4, -0.2) is 27.3 Å². The summed E-state index contributed by atoms with van der Waals surface area (Å²) in [6.45, 7) is 1.60. The van der Waals surface area contributed by atoms with Crippen LogP contribution in [0.5, 0.6) is 0 Å². The largest absolute Gasteiger partial charge is 0.296 e. The molecule has 2 rings (SSSR count). The molecule has 0 unspecified atom stereocenters. The van der Waals surface area contributed by atoms with Crippen LogP contribution >= 0.6 is 23.4 Å². The molecule has 0 bridgehead atoms. The number of hydrogen-bond donors (Lipinski definition) is 0. The summed E-state index contributed by atoms with van der Waals surface area (Å²) >= 11 is 7.11. The van der Waals surface area contributed by atoms with Crippen molar-refractivity contribution >= 4 is 29.6 Å². The molecular weight excluding hydrogens is 284 g/mol. The number of thioether (sulfide) groups is 1. The molecule has 0 N–H and O–H groups in total. The minimum absolute atomic E-state index is 0.274. The van der Waals surface area contributed by atoms with Gasteiger partial charge >= 0.3 is 0 Å². The molecule has 5 nitrogen and oxygen atoms in total. The van der Waals surface area contributed by atoms with Crippen LogP contribution in [0.25, 0.3) is 0 Å². The molecule has 2 aromatic rings. The highest BCUT2D eigenvalue weighted by molar-refractivity contribution is 7.98. The lowest BCUT2D eigenvalue weighted by Gasteiger charge is -2.03. The van der Waals surface area contributed by atoms with Gasteiger partial charge in [-0.3, -0.25) is 4.79 Å². The number of aromatic nitrogens is 3. The molecule has 0 amide bonds. The first-order chi connectivity index (χ1) is 9.11. The minimum Gasteiger partial charge on any atom is -0.265 e. The molecule has 19 heavy (non-hydrogen) atoms. The number of rotatable bonds is 3. The smallest absolute Gasteiger partial charge is 0.265 e. The van der Waals surface area contributed by atoms with Gasteiger partial charge in [-0.2, -0.15) is 9.78 Å². The molecule has 0 fully saturated rings. The van der Waals surface area contributed by atoms with Crippen LogP contribution in [0.1, 0.15) is 11.3 Å². The van der Waals surface area contributed by atoms with Gasteiger partial charge in [0, 0.05) is 5.02 Å². The normalized spacial score (nSPS) is 11.1. The predicted molar refractivity (Wildman–Crippen MR) is 77.3 cm³/mol. The summed E-state index contributed by atoms with van der Waals surface area (Å²) in [5, 5.41) is 13.0. The predicted octanol–water partition coefficient (Wildman–Crippen LogP) is 2.20. The van der Waals surface area contributed by atoms with E-state index in [1.807, 2.05) is 18.4 Å². The number of aryl methyl sites for hydroxylation is 1. The second-order valence-corrected chi connectivity index (χ2v) is 4.90. The molecule has 1 heterocycles. The van der Waals surface area contributed by atoms with Crippen molar-refractivity contribution in [2.75, 3.05) is 6.26 Å². The summed E-state index contributed by atoms with van der Waals surface area (Å²) in [6.07, 6.45) is 3.39. The van der Waals surface area contributed by atoms with Crippen molar-refractivity contribution < 1.29 is 0 Å². The third kappa shape index (κ3) is 3.21. The number of hydrogen-bond acceptors (Lipinski definition) is 5. The van der Waals surface area contributed by atoms with Crippen molar-refractivity contribution in [3.8, 4) is 0 Å². The Balaban J connectivity index is 2.40. The lowest BCUT2D eigenvalue weighted by molar-refractivity contribution is 0.635. The minimum atomic E-state index is -0.274. The summed E-state index contributed by atoms with van der Waals surface area (Å²) in [7, 11) is 0. The molecule has 0 saturated carbocycles. The topological polar surface area (TPSA) is 60.1 Å². The molecule has 1 aromatic heterocycles. The van der Waals surface area contributed by atoms with E-state index in [2.05, 4.69) is 15.3 Å². The molecule has 0 atom stereocenters. The van der Waals surface area contributed by atoms with Gasteiger partial charge in [-0.05, 0) is 30.9 Å². The van der Waals surface area contributed by atoms with E-state index < -0.39 is 0 Å². The quantitative estimate of drug-likeness (QED) is 0.643. The molecule has 0 aliphatic carbocycles. The first-order valence-corrected chi connectivity index (χ1v) is 7.02. The Kier molecular flexibility index (Phi) is 4.34. The molecule has 0 radical (unpaired) electrons. The number of benzene rings is 1. The lowest BCUT2D eigenvalue weighted by atomic mass is 10.2. The Morgan fingerprint density at radius 1 is 1.32 bits per heavy atom. The zero-order valence-electron chi connectivity index (χ0n) is 10.4. The fraction of sp³-hybridized carbons (Fsp3) is 0.167. The van der Waals surface area contributed by atoms with Crippen LogP contribution in [-0.2, 0) is 0 Å². The van der Waals surface area contributed by atoms with Crippen molar-refractivity contribution in [1.82, 2.24) is 14.9 Å². The van der Waals surface area contributed by atoms with Crippen molar-refractivity contribution in [2.24, 2.45) is 5.10 Å². The summed E-state index contributed by atoms with van der Waals surface area (Å²) in [6, 6.07) is 7.16. The van der Waals surface area contributed by atoms with E-state index in [4.69, 9.17) is 11.6 Å². The highest BCUT2D eigenvalue weighted by Crippen LogP contribution is 2.09. The number of halogens is 1. The molecule has 1 aromatic carbocycles. The molecule has 0 aliphatic rings. The maximum Gasteiger partial charge on any atom is 0.296 e. The van der Waals surface area contributed by atoms with Gasteiger partial charge < -0.3 is 0 Å². The van der Waals surface area contributed by atoms with E-state index in [1.165, 1.54) is 16.4 Å². The van der Waals surface area contributed by atoms with Crippen molar-refractivity contribution in [2.45, 2.75) is 12.1 Å². The summed E-state index contributed by atoms with van der Waals surface area (Å²) in [5.41, 5.74) is 0.883. The zero-order valence-corrected chi connectivity index (χ0v) is 11.9. The number of nitrogens with zero attached hydrogens (tertiary/aromatic N) is 4. The maximum atomic E-state index is 11.9. The summed E-state index contributed by atoms with van der Waals surface area (Å²) in [5.74, 6) is 0. The second kappa shape index (κ2) is 5.99. The van der Waals surface area contributed by atoms with Crippen LogP contribution in [0.15, 0.2) is 39.3 Å². The lowest BCUT2D eigenvalue weighted by Crippen LogP contribution is -2.23. The molecule has 0 saturated heterocycles. The van der Waals surface area contributed by atoms with Gasteiger partial charge in [0.1, 0.15) is 5.69 Å². The summed E-state index contributed by atoms with van der Waals surface area (Å²) in [4.78, 5) is 11.9. The molecule has 0 spiro atoms. The maximum absolute atomic E-state index is 11.9. The molecular formula is C12H11ClN4OS. The van der Waals surface area contributed by atoms with Gasteiger partial charge in [0.2, 0.25) is 5.16 Å². The molecule has 98 valence electrons.